The molecular weight excluding hydrogens is 406 g/mol. The Morgan fingerprint density at radius 3 is 2.81 bits per heavy atom. The zero-order valence-corrected chi connectivity index (χ0v) is 17.5. The molecular formula is C23H19N7O2. The van der Waals surface area contributed by atoms with E-state index < -0.39 is 16.9 Å². The summed E-state index contributed by atoms with van der Waals surface area (Å²) in [7, 11) is 1.66. The zero-order valence-electron chi connectivity index (χ0n) is 17.5. The van der Waals surface area contributed by atoms with E-state index >= 15 is 0 Å². The van der Waals surface area contributed by atoms with Crippen LogP contribution in [0.4, 0.5) is 5.82 Å². The Kier molecular flexibility index (Phi) is 3.51. The van der Waals surface area contributed by atoms with Gasteiger partial charge >= 0.3 is 0 Å². The minimum atomic E-state index is -1.00. The highest BCUT2D eigenvalue weighted by atomic mass is 16.2. The van der Waals surface area contributed by atoms with Gasteiger partial charge in [0, 0.05) is 42.5 Å². The van der Waals surface area contributed by atoms with Gasteiger partial charge in [-0.25, -0.2) is 9.97 Å². The number of amides is 2. The maximum absolute atomic E-state index is 13.4. The van der Waals surface area contributed by atoms with E-state index in [1.807, 2.05) is 37.3 Å². The normalized spacial score (nSPS) is 28.8. The minimum absolute atomic E-state index is 0.0128. The average molecular weight is 425 g/mol. The lowest BCUT2D eigenvalue weighted by Crippen LogP contribution is -2.56. The lowest BCUT2D eigenvalue weighted by molar-refractivity contribution is -0.123. The summed E-state index contributed by atoms with van der Waals surface area (Å²) in [5.41, 5.74) is 0.992. The van der Waals surface area contributed by atoms with Crippen molar-refractivity contribution in [3.05, 3.63) is 70.9 Å². The highest BCUT2D eigenvalue weighted by Crippen LogP contribution is 2.91. The van der Waals surface area contributed by atoms with Gasteiger partial charge in [0.05, 0.1) is 5.56 Å². The molecule has 2 aliphatic carbocycles. The summed E-state index contributed by atoms with van der Waals surface area (Å²) in [6.45, 7) is 2.00. The summed E-state index contributed by atoms with van der Waals surface area (Å²) in [6, 6.07) is 13.7. The third kappa shape index (κ3) is 2.18. The molecule has 4 atom stereocenters. The molecule has 2 N–H and O–H groups in total. The molecule has 9 nitrogen and oxygen atoms in total. The van der Waals surface area contributed by atoms with Crippen molar-refractivity contribution >= 4 is 17.6 Å². The SMILES string of the molecule is CN1C(=O)[C@@]2(NC(=O)c3n[nH]c(Cc4ccccc4)n3)[C@@H]3[C@H](c4cc(C#N)cnc41)[C@]32C. The monoisotopic (exact) mass is 425 g/mol. The predicted molar refractivity (Wildman–Crippen MR) is 113 cm³/mol. The van der Waals surface area contributed by atoms with Gasteiger partial charge in [-0.2, -0.15) is 5.26 Å². The van der Waals surface area contributed by atoms with Gasteiger partial charge in [-0.3, -0.25) is 19.6 Å². The second kappa shape index (κ2) is 6.01. The number of nitrogens with one attached hydrogen (secondary N) is 2. The summed E-state index contributed by atoms with van der Waals surface area (Å²) in [5, 5.41) is 19.1. The lowest BCUT2D eigenvalue weighted by Gasteiger charge is -2.28. The van der Waals surface area contributed by atoms with Crippen LogP contribution in [0.5, 0.6) is 0 Å². The number of aromatic nitrogens is 4. The molecule has 2 saturated carbocycles. The van der Waals surface area contributed by atoms with Crippen molar-refractivity contribution in [3.63, 3.8) is 0 Å². The Balaban J connectivity index is 1.26. The number of nitrogens with zero attached hydrogens (tertiary/aromatic N) is 5. The van der Waals surface area contributed by atoms with Gasteiger partial charge in [0.25, 0.3) is 11.8 Å². The summed E-state index contributed by atoms with van der Waals surface area (Å²) in [4.78, 5) is 36.6. The fraction of sp³-hybridized carbons (Fsp3) is 0.304. The Labute approximate surface area is 183 Å². The van der Waals surface area contributed by atoms with E-state index in [9.17, 15) is 14.9 Å². The molecule has 158 valence electrons. The molecule has 2 bridgehead atoms. The first-order chi connectivity index (χ1) is 15.4. The molecule has 2 fully saturated rings. The number of likely N-dealkylation sites (N-methyl/N-ethyl adjacent to an activating group) is 1. The zero-order chi connectivity index (χ0) is 22.3. The van der Waals surface area contributed by atoms with Gasteiger partial charge in [0.2, 0.25) is 5.82 Å². The second-order valence-corrected chi connectivity index (χ2v) is 8.88. The lowest BCUT2D eigenvalue weighted by atomic mass is 9.86. The van der Waals surface area contributed by atoms with E-state index in [0.717, 1.165) is 11.1 Å². The fourth-order valence-corrected chi connectivity index (χ4v) is 5.63. The minimum Gasteiger partial charge on any atom is -0.334 e. The number of anilines is 1. The van der Waals surface area contributed by atoms with Crippen molar-refractivity contribution in [1.29, 1.82) is 5.26 Å². The molecule has 7 rings (SSSR count). The van der Waals surface area contributed by atoms with Crippen LogP contribution in [-0.2, 0) is 11.2 Å². The van der Waals surface area contributed by atoms with Gasteiger partial charge in [-0.15, -0.1) is 5.10 Å². The van der Waals surface area contributed by atoms with Crippen LogP contribution in [0.25, 0.3) is 0 Å². The fourth-order valence-electron chi connectivity index (χ4n) is 5.63. The van der Waals surface area contributed by atoms with Crippen LogP contribution < -0.4 is 10.2 Å². The van der Waals surface area contributed by atoms with Crippen LogP contribution in [-0.4, -0.2) is 44.6 Å². The third-order valence-electron chi connectivity index (χ3n) is 7.33. The van der Waals surface area contributed by atoms with E-state index in [0.29, 0.717) is 23.6 Å². The molecule has 0 unspecified atom stereocenters. The van der Waals surface area contributed by atoms with Crippen LogP contribution >= 0.6 is 0 Å². The van der Waals surface area contributed by atoms with Crippen molar-refractivity contribution in [3.8, 4) is 6.07 Å². The smallest absolute Gasteiger partial charge is 0.291 e. The number of pyridine rings is 1. The van der Waals surface area contributed by atoms with Crippen LogP contribution in [0.15, 0.2) is 42.6 Å². The Bertz CT molecular complexity index is 1340. The highest BCUT2D eigenvalue weighted by Gasteiger charge is 2.98. The maximum Gasteiger partial charge on any atom is 0.291 e. The van der Waals surface area contributed by atoms with E-state index in [4.69, 9.17) is 0 Å². The quantitative estimate of drug-likeness (QED) is 0.653. The summed E-state index contributed by atoms with van der Waals surface area (Å²) in [5.74, 6) is 0.496. The number of aromatic amines is 1. The largest absolute Gasteiger partial charge is 0.334 e. The summed E-state index contributed by atoms with van der Waals surface area (Å²) < 4.78 is 0. The van der Waals surface area contributed by atoms with Crippen LogP contribution in [0.2, 0.25) is 0 Å². The molecule has 2 amide bonds. The van der Waals surface area contributed by atoms with Crippen molar-refractivity contribution in [2.75, 3.05) is 11.9 Å². The van der Waals surface area contributed by atoms with Crippen molar-refractivity contribution in [2.24, 2.45) is 11.3 Å². The maximum atomic E-state index is 13.4. The van der Waals surface area contributed by atoms with E-state index in [2.05, 4.69) is 31.6 Å². The number of rotatable bonds is 4. The third-order valence-corrected chi connectivity index (χ3v) is 7.33. The molecule has 0 saturated heterocycles. The Morgan fingerprint density at radius 2 is 2.09 bits per heavy atom. The topological polar surface area (TPSA) is 128 Å². The van der Waals surface area contributed by atoms with Crippen molar-refractivity contribution in [2.45, 2.75) is 24.8 Å². The van der Waals surface area contributed by atoms with Gasteiger partial charge in [0.15, 0.2) is 0 Å². The standard InChI is InChI=1S/C23H19N7O2/c1-22-16-14-8-13(10-24)11-25-19(14)30(2)21(32)23(22,17(16)22)27-20(31)18-26-15(28-29-18)9-12-6-4-3-5-7-12/h3-8,11,16-17H,9H2,1-2H3,(H,27,31)(H,26,28,29)/t16-,17+,22+,23-/m0/s1. The molecule has 2 aliphatic heterocycles. The Morgan fingerprint density at radius 1 is 1.34 bits per heavy atom. The molecule has 0 spiro atoms. The van der Waals surface area contributed by atoms with Crippen LogP contribution in [0.3, 0.4) is 0 Å². The predicted octanol–water partition coefficient (Wildman–Crippen LogP) is 1.54. The molecule has 4 aliphatic rings. The number of fused-ring (bicyclic) bond motifs is 1. The number of carbonyl (C=O) groups is 2. The number of H-pyrrole nitrogens is 1. The van der Waals surface area contributed by atoms with Gasteiger partial charge in [0.1, 0.15) is 23.3 Å². The Hall–Kier alpha value is -4.06. The van der Waals surface area contributed by atoms with E-state index in [1.165, 1.54) is 11.1 Å². The van der Waals surface area contributed by atoms with Crippen LogP contribution in [0, 0.1) is 22.7 Å². The first kappa shape index (κ1) is 18.7. The highest BCUT2D eigenvalue weighted by molar-refractivity contribution is 6.11. The number of carbonyl (C=O) groups excluding carboxylic acids is 2. The average Bonchev–Trinajstić information content (AvgIpc) is 3.50. The molecule has 3 aromatic rings. The first-order valence-corrected chi connectivity index (χ1v) is 10.4. The molecule has 4 heterocycles. The molecule has 0 radical (unpaired) electrons. The first-order valence-electron chi connectivity index (χ1n) is 10.4. The second-order valence-electron chi connectivity index (χ2n) is 8.88. The van der Waals surface area contributed by atoms with Gasteiger partial charge in [-0.05, 0) is 11.6 Å². The number of hydrogen-bond donors (Lipinski definition) is 2. The van der Waals surface area contributed by atoms with Crippen molar-refractivity contribution in [1.82, 2.24) is 25.5 Å². The number of benzene rings is 1. The van der Waals surface area contributed by atoms with Gasteiger partial charge < -0.3 is 5.32 Å². The molecule has 32 heavy (non-hydrogen) atoms. The molecule has 9 heteroatoms. The number of nitriles is 1. The molecule has 2 aromatic heterocycles. The van der Waals surface area contributed by atoms with E-state index in [-0.39, 0.29) is 23.6 Å². The summed E-state index contributed by atoms with van der Waals surface area (Å²) in [6.07, 6.45) is 1.99. The van der Waals surface area contributed by atoms with Crippen molar-refractivity contribution < 1.29 is 9.59 Å². The van der Waals surface area contributed by atoms with Crippen LogP contribution in [0.1, 0.15) is 46.0 Å². The summed E-state index contributed by atoms with van der Waals surface area (Å²) >= 11 is 0. The van der Waals surface area contributed by atoms with Gasteiger partial charge in [-0.1, -0.05) is 37.3 Å². The van der Waals surface area contributed by atoms with E-state index in [1.54, 1.807) is 13.1 Å². The number of hydrogen-bond acceptors (Lipinski definition) is 6. The molecule has 1 aromatic carbocycles.